The Morgan fingerprint density at radius 1 is 1.32 bits per heavy atom. The van der Waals surface area contributed by atoms with Gasteiger partial charge in [0.2, 0.25) is 5.91 Å². The SMILES string of the molecule is CCCC(C)OC(=O)Nc1ccc2c(c1)N(S(=O)(=O)c1cn(CC)nc1Cl)CC(CC(C)(C)NC(C)=O)O2. The molecule has 1 aliphatic heterocycles. The molecule has 13 heteroatoms. The van der Waals surface area contributed by atoms with Crippen LogP contribution in [0.2, 0.25) is 5.15 Å². The summed E-state index contributed by atoms with van der Waals surface area (Å²) in [6, 6.07) is 4.72. The minimum atomic E-state index is -4.17. The average Bonchev–Trinajstić information content (AvgIpc) is 3.19. The maximum absolute atomic E-state index is 13.9. The second-order valence-electron chi connectivity index (χ2n) is 10.00. The van der Waals surface area contributed by atoms with Crippen molar-refractivity contribution in [1.82, 2.24) is 15.1 Å². The monoisotopic (exact) mass is 569 g/mol. The fourth-order valence-corrected chi connectivity index (χ4v) is 6.40. The number of ether oxygens (including phenoxy) is 2. The van der Waals surface area contributed by atoms with Gasteiger partial charge in [0.05, 0.1) is 12.2 Å². The number of hydrogen-bond donors (Lipinski definition) is 2. The van der Waals surface area contributed by atoms with Gasteiger partial charge >= 0.3 is 6.09 Å². The van der Waals surface area contributed by atoms with Gasteiger partial charge in [-0.2, -0.15) is 5.10 Å². The molecule has 3 rings (SSSR count). The summed E-state index contributed by atoms with van der Waals surface area (Å²) in [5.74, 6) is 0.103. The quantitative estimate of drug-likeness (QED) is 0.429. The van der Waals surface area contributed by atoms with Crippen molar-refractivity contribution in [1.29, 1.82) is 0 Å². The first-order valence-corrected chi connectivity index (χ1v) is 14.4. The number of rotatable bonds is 10. The van der Waals surface area contributed by atoms with Crippen LogP contribution in [-0.4, -0.2) is 54.5 Å². The maximum Gasteiger partial charge on any atom is 0.411 e. The molecular formula is C25H36ClN5O6S. The average molecular weight is 570 g/mol. The zero-order valence-electron chi connectivity index (χ0n) is 22.6. The van der Waals surface area contributed by atoms with Gasteiger partial charge in [-0.05, 0) is 52.3 Å². The highest BCUT2D eigenvalue weighted by atomic mass is 35.5. The number of hydrogen-bond acceptors (Lipinski definition) is 7. The molecule has 2 unspecified atom stereocenters. The number of benzene rings is 1. The number of halogens is 1. The normalized spacial score (nSPS) is 16.3. The summed E-state index contributed by atoms with van der Waals surface area (Å²) >= 11 is 6.24. The van der Waals surface area contributed by atoms with Crippen LogP contribution >= 0.6 is 11.6 Å². The molecule has 11 nitrogen and oxygen atoms in total. The number of carbonyl (C=O) groups excluding carboxylic acids is 2. The second-order valence-corrected chi connectivity index (χ2v) is 12.2. The predicted octanol–water partition coefficient (Wildman–Crippen LogP) is 4.55. The number of aryl methyl sites for hydroxylation is 1. The first-order valence-electron chi connectivity index (χ1n) is 12.6. The summed E-state index contributed by atoms with van der Waals surface area (Å²) < 4.78 is 42.0. The van der Waals surface area contributed by atoms with E-state index < -0.39 is 27.8 Å². The van der Waals surface area contributed by atoms with Crippen molar-refractivity contribution >= 4 is 45.0 Å². The third kappa shape index (κ3) is 7.10. The van der Waals surface area contributed by atoms with E-state index in [1.807, 2.05) is 27.7 Å². The Labute approximate surface area is 228 Å². The third-order valence-electron chi connectivity index (χ3n) is 5.97. The molecule has 1 aromatic heterocycles. The van der Waals surface area contributed by atoms with E-state index in [4.69, 9.17) is 21.1 Å². The van der Waals surface area contributed by atoms with E-state index in [0.29, 0.717) is 24.4 Å². The summed E-state index contributed by atoms with van der Waals surface area (Å²) in [5, 5.41) is 9.47. The summed E-state index contributed by atoms with van der Waals surface area (Å²) in [6.07, 6.45) is 1.83. The van der Waals surface area contributed by atoms with E-state index in [0.717, 1.165) is 12.8 Å². The summed E-state index contributed by atoms with van der Waals surface area (Å²) in [7, 11) is -4.17. The molecule has 0 saturated heterocycles. The van der Waals surface area contributed by atoms with Crippen LogP contribution in [0.3, 0.4) is 0 Å². The Morgan fingerprint density at radius 2 is 2.03 bits per heavy atom. The first-order chi connectivity index (χ1) is 17.8. The fourth-order valence-electron chi connectivity index (χ4n) is 4.45. The van der Waals surface area contributed by atoms with Crippen LogP contribution in [0.15, 0.2) is 29.3 Å². The molecule has 0 bridgehead atoms. The molecule has 0 spiro atoms. The number of nitrogens with one attached hydrogen (secondary N) is 2. The lowest BCUT2D eigenvalue weighted by Crippen LogP contribution is -2.50. The minimum absolute atomic E-state index is 0.0482. The van der Waals surface area contributed by atoms with Gasteiger partial charge < -0.3 is 14.8 Å². The Bertz CT molecular complexity index is 1280. The number of fused-ring (bicyclic) bond motifs is 1. The Kier molecular flexibility index (Phi) is 9.19. The van der Waals surface area contributed by atoms with Crippen LogP contribution in [0.4, 0.5) is 16.2 Å². The Balaban J connectivity index is 1.99. The lowest BCUT2D eigenvalue weighted by Gasteiger charge is -2.38. The molecule has 38 heavy (non-hydrogen) atoms. The van der Waals surface area contributed by atoms with E-state index in [2.05, 4.69) is 15.7 Å². The highest BCUT2D eigenvalue weighted by molar-refractivity contribution is 7.93. The van der Waals surface area contributed by atoms with Gasteiger partial charge in [0.15, 0.2) is 5.15 Å². The van der Waals surface area contributed by atoms with Gasteiger partial charge in [0, 0.05) is 37.3 Å². The topological polar surface area (TPSA) is 132 Å². The van der Waals surface area contributed by atoms with Gasteiger partial charge in [-0.15, -0.1) is 0 Å². The van der Waals surface area contributed by atoms with Crippen molar-refractivity contribution in [2.45, 2.75) is 90.0 Å². The molecule has 0 fully saturated rings. The van der Waals surface area contributed by atoms with Crippen molar-refractivity contribution in [2.75, 3.05) is 16.2 Å². The molecule has 1 aromatic carbocycles. The maximum atomic E-state index is 13.9. The first kappa shape index (κ1) is 29.6. The summed E-state index contributed by atoms with van der Waals surface area (Å²) in [6.45, 7) is 11.1. The van der Waals surface area contributed by atoms with Crippen LogP contribution in [0, 0.1) is 0 Å². The highest BCUT2D eigenvalue weighted by Gasteiger charge is 2.39. The number of aromatic nitrogens is 2. The number of amides is 2. The Morgan fingerprint density at radius 3 is 2.63 bits per heavy atom. The molecule has 2 amide bonds. The van der Waals surface area contributed by atoms with Gasteiger partial charge in [-0.25, -0.2) is 13.2 Å². The lowest BCUT2D eigenvalue weighted by atomic mass is 9.95. The van der Waals surface area contributed by atoms with Crippen molar-refractivity contribution in [3.8, 4) is 5.75 Å². The van der Waals surface area contributed by atoms with Crippen LogP contribution in [0.1, 0.15) is 60.8 Å². The molecular weight excluding hydrogens is 534 g/mol. The van der Waals surface area contributed by atoms with Crippen LogP contribution < -0.4 is 19.7 Å². The van der Waals surface area contributed by atoms with Crippen molar-refractivity contribution in [3.05, 3.63) is 29.5 Å². The van der Waals surface area contributed by atoms with E-state index >= 15 is 0 Å². The molecule has 210 valence electrons. The largest absolute Gasteiger partial charge is 0.486 e. The van der Waals surface area contributed by atoms with E-state index in [1.54, 1.807) is 19.1 Å². The van der Waals surface area contributed by atoms with E-state index in [-0.39, 0.29) is 34.3 Å². The van der Waals surface area contributed by atoms with Crippen LogP contribution in [0.5, 0.6) is 5.75 Å². The molecule has 1 aliphatic rings. The molecule has 0 saturated carbocycles. The number of carbonyl (C=O) groups is 2. The molecule has 2 atom stereocenters. The molecule has 2 aromatic rings. The molecule has 0 radical (unpaired) electrons. The number of anilines is 2. The van der Waals surface area contributed by atoms with E-state index in [1.165, 1.54) is 28.2 Å². The van der Waals surface area contributed by atoms with Crippen molar-refractivity contribution in [2.24, 2.45) is 0 Å². The molecule has 2 heterocycles. The van der Waals surface area contributed by atoms with Gasteiger partial charge in [-0.1, -0.05) is 24.9 Å². The third-order valence-corrected chi connectivity index (χ3v) is 8.14. The lowest BCUT2D eigenvalue weighted by molar-refractivity contribution is -0.120. The smallest absolute Gasteiger partial charge is 0.411 e. The standard InChI is InChI=1S/C25H36ClN5O6S/c1-7-9-16(3)36-24(33)27-18-10-11-21-20(12-18)31(14-19(37-21)13-25(5,6)28-17(4)32)38(34,35)22-15-30(8-2)29-23(22)26/h10-12,15-16,19H,7-9,13-14H2,1-6H3,(H,27,33)(H,28,32). The van der Waals surface area contributed by atoms with E-state index in [9.17, 15) is 18.0 Å². The van der Waals surface area contributed by atoms with Gasteiger partial charge in [0.25, 0.3) is 10.0 Å². The number of sulfonamides is 1. The van der Waals surface area contributed by atoms with Crippen LogP contribution in [-0.2, 0) is 26.1 Å². The zero-order chi connectivity index (χ0) is 28.3. The molecule has 2 N–H and O–H groups in total. The second kappa shape index (κ2) is 11.8. The van der Waals surface area contributed by atoms with Crippen molar-refractivity contribution < 1.29 is 27.5 Å². The Hall–Kier alpha value is -2.99. The molecule has 0 aliphatic carbocycles. The number of nitrogens with zero attached hydrogens (tertiary/aromatic N) is 3. The van der Waals surface area contributed by atoms with Crippen LogP contribution in [0.25, 0.3) is 0 Å². The zero-order valence-corrected chi connectivity index (χ0v) is 24.1. The van der Waals surface area contributed by atoms with Gasteiger partial charge in [0.1, 0.15) is 22.9 Å². The van der Waals surface area contributed by atoms with Crippen molar-refractivity contribution in [3.63, 3.8) is 0 Å². The highest BCUT2D eigenvalue weighted by Crippen LogP contribution is 2.41. The minimum Gasteiger partial charge on any atom is -0.486 e. The summed E-state index contributed by atoms with van der Waals surface area (Å²) in [4.78, 5) is 23.9. The van der Waals surface area contributed by atoms with Gasteiger partial charge in [-0.3, -0.25) is 19.1 Å². The summed E-state index contributed by atoms with van der Waals surface area (Å²) in [5.41, 5.74) is -0.0823. The fraction of sp³-hybridized carbons (Fsp3) is 0.560. The predicted molar refractivity (Wildman–Crippen MR) is 145 cm³/mol.